The Balaban J connectivity index is 1.62. The molecule has 2 aliphatic carbocycles. The summed E-state index contributed by atoms with van der Waals surface area (Å²) < 4.78 is 25.7. The van der Waals surface area contributed by atoms with Gasteiger partial charge in [-0.3, -0.25) is 9.78 Å². The van der Waals surface area contributed by atoms with Crippen molar-refractivity contribution in [1.82, 2.24) is 9.29 Å². The maximum atomic E-state index is 12.2. The van der Waals surface area contributed by atoms with E-state index < -0.39 is 10.0 Å². The molecule has 0 saturated heterocycles. The zero-order valence-corrected chi connectivity index (χ0v) is 15.9. The molecule has 6 heteroatoms. The number of rotatable bonds is 6. The molecule has 2 heterocycles. The largest absolute Gasteiger partial charge is 0.299 e. The zero-order valence-electron chi connectivity index (χ0n) is 15.1. The number of hydrogen-bond donors (Lipinski definition) is 0. The van der Waals surface area contributed by atoms with Crippen LogP contribution in [0.4, 0.5) is 0 Å². The fourth-order valence-corrected chi connectivity index (χ4v) is 4.75. The van der Waals surface area contributed by atoms with Gasteiger partial charge in [-0.15, -0.1) is 0 Å². The Morgan fingerprint density at radius 3 is 2.81 bits per heavy atom. The van der Waals surface area contributed by atoms with Crippen LogP contribution in [0.25, 0.3) is 11.6 Å². The number of sulfonamides is 1. The highest BCUT2D eigenvalue weighted by molar-refractivity contribution is 7.89. The summed E-state index contributed by atoms with van der Waals surface area (Å²) in [6.07, 6.45) is 10.2. The molecule has 1 fully saturated rings. The van der Waals surface area contributed by atoms with Gasteiger partial charge in [0.2, 0.25) is 10.0 Å². The number of fused-ring (bicyclic) bond motifs is 1. The molecule has 138 valence electrons. The Hall–Kier alpha value is -1.79. The van der Waals surface area contributed by atoms with Crippen LogP contribution in [0, 0.1) is 5.92 Å². The minimum Gasteiger partial charge on any atom is -0.299 e. The van der Waals surface area contributed by atoms with Crippen molar-refractivity contribution in [3.8, 4) is 0 Å². The van der Waals surface area contributed by atoms with E-state index in [1.807, 2.05) is 12.1 Å². The zero-order chi connectivity index (χ0) is 18.3. The first-order chi connectivity index (χ1) is 12.5. The third kappa shape index (κ3) is 3.40. The van der Waals surface area contributed by atoms with Crippen LogP contribution < -0.4 is 0 Å². The van der Waals surface area contributed by atoms with Crippen molar-refractivity contribution in [3.05, 3.63) is 40.7 Å². The maximum absolute atomic E-state index is 12.2. The molecule has 0 aromatic carbocycles. The number of allylic oxidation sites excluding steroid dienone is 1. The van der Waals surface area contributed by atoms with E-state index in [1.54, 1.807) is 11.2 Å². The Kier molecular flexibility index (Phi) is 4.57. The molecule has 26 heavy (non-hydrogen) atoms. The number of carbonyl (C=O) groups is 1. The molecule has 1 saturated carbocycles. The molecular weight excluding hydrogens is 348 g/mol. The highest BCUT2D eigenvalue weighted by Gasteiger charge is 2.30. The molecule has 5 nitrogen and oxygen atoms in total. The van der Waals surface area contributed by atoms with Gasteiger partial charge in [0.25, 0.3) is 0 Å². The molecule has 0 unspecified atom stereocenters. The molecular formula is C20H24N2O3S. The van der Waals surface area contributed by atoms with Crippen molar-refractivity contribution in [2.45, 2.75) is 39.0 Å². The lowest BCUT2D eigenvalue weighted by Crippen LogP contribution is -2.35. The Bertz CT molecular complexity index is 911. The predicted molar refractivity (Wildman–Crippen MR) is 102 cm³/mol. The van der Waals surface area contributed by atoms with Crippen LogP contribution in [-0.4, -0.2) is 42.3 Å². The van der Waals surface area contributed by atoms with E-state index in [2.05, 4.69) is 12.2 Å². The fourth-order valence-electron chi connectivity index (χ4n) is 3.71. The maximum Gasteiger partial charge on any atom is 0.214 e. The van der Waals surface area contributed by atoms with Crippen molar-refractivity contribution in [2.24, 2.45) is 5.92 Å². The molecule has 0 N–H and O–H groups in total. The van der Waals surface area contributed by atoms with Crippen molar-refractivity contribution in [3.63, 3.8) is 0 Å². The second-order valence-electron chi connectivity index (χ2n) is 7.28. The summed E-state index contributed by atoms with van der Waals surface area (Å²) in [4.78, 5) is 16.9. The normalized spacial score (nSPS) is 20.1. The van der Waals surface area contributed by atoms with Crippen LogP contribution in [0.1, 0.15) is 48.7 Å². The van der Waals surface area contributed by atoms with Crippen molar-refractivity contribution < 1.29 is 13.2 Å². The highest BCUT2D eigenvalue weighted by Crippen LogP contribution is 2.34. The van der Waals surface area contributed by atoms with Gasteiger partial charge in [-0.2, -0.15) is 4.31 Å². The Morgan fingerprint density at radius 1 is 1.35 bits per heavy atom. The van der Waals surface area contributed by atoms with Crippen molar-refractivity contribution in [2.75, 3.05) is 18.8 Å². The molecule has 0 atom stereocenters. The second kappa shape index (κ2) is 6.74. The topological polar surface area (TPSA) is 67.3 Å². The third-order valence-electron chi connectivity index (χ3n) is 5.45. The van der Waals surface area contributed by atoms with E-state index in [0.29, 0.717) is 31.7 Å². The summed E-state index contributed by atoms with van der Waals surface area (Å²) in [5.41, 5.74) is 5.30. The van der Waals surface area contributed by atoms with E-state index in [4.69, 9.17) is 4.98 Å². The van der Waals surface area contributed by atoms with Crippen LogP contribution in [0.2, 0.25) is 0 Å². The quantitative estimate of drug-likeness (QED) is 0.770. The smallest absolute Gasteiger partial charge is 0.214 e. The number of nitrogens with zero attached hydrogens (tertiary/aromatic N) is 2. The van der Waals surface area contributed by atoms with Gasteiger partial charge in [-0.1, -0.05) is 18.2 Å². The minimum absolute atomic E-state index is 0.136. The number of hydrogen-bond acceptors (Lipinski definition) is 4. The monoisotopic (exact) mass is 372 g/mol. The summed E-state index contributed by atoms with van der Waals surface area (Å²) in [7, 11) is -3.15. The van der Waals surface area contributed by atoms with E-state index in [0.717, 1.165) is 47.4 Å². The third-order valence-corrected chi connectivity index (χ3v) is 7.30. The molecule has 0 amide bonds. The minimum atomic E-state index is -3.15. The lowest BCUT2D eigenvalue weighted by molar-refractivity contribution is -0.119. The van der Waals surface area contributed by atoms with E-state index >= 15 is 0 Å². The highest BCUT2D eigenvalue weighted by atomic mass is 32.2. The molecule has 1 aliphatic heterocycles. The van der Waals surface area contributed by atoms with Gasteiger partial charge in [0, 0.05) is 43.1 Å². The molecule has 1 aromatic heterocycles. The fraction of sp³-hybridized carbons (Fsp3) is 0.500. The summed E-state index contributed by atoms with van der Waals surface area (Å²) in [5.74, 6) is 0.678. The number of aromatic nitrogens is 1. The summed E-state index contributed by atoms with van der Waals surface area (Å²) in [6.45, 7) is 2.61. The number of ketones is 1. The van der Waals surface area contributed by atoms with Gasteiger partial charge >= 0.3 is 0 Å². The summed E-state index contributed by atoms with van der Waals surface area (Å²) in [5, 5.41) is 0. The molecule has 0 radical (unpaired) electrons. The summed E-state index contributed by atoms with van der Waals surface area (Å²) >= 11 is 0. The standard InChI is InChI=1S/C20H24N2O3S/c1-2-26(24,25)22-10-8-14(9-11-22)18-12-16(13-20(23)15-6-7-15)21-19-5-3-4-17(18)19/h3-4,8,12,15H,2,5-7,9-11,13H2,1H3. The van der Waals surface area contributed by atoms with Crippen LogP contribution >= 0.6 is 0 Å². The first-order valence-electron chi connectivity index (χ1n) is 9.37. The van der Waals surface area contributed by atoms with Crippen LogP contribution in [-0.2, 0) is 27.7 Å². The first kappa shape index (κ1) is 17.6. The second-order valence-corrected chi connectivity index (χ2v) is 9.54. The van der Waals surface area contributed by atoms with Crippen LogP contribution in [0.3, 0.4) is 0 Å². The SMILES string of the molecule is CCS(=O)(=O)N1CC=C(c2cc(CC(=O)C3CC3)nc3c2C=CC3)CC1. The lowest BCUT2D eigenvalue weighted by Gasteiger charge is -2.26. The predicted octanol–water partition coefficient (Wildman–Crippen LogP) is 2.61. The molecule has 1 aromatic rings. The van der Waals surface area contributed by atoms with E-state index in [9.17, 15) is 13.2 Å². The van der Waals surface area contributed by atoms with Crippen molar-refractivity contribution in [1.29, 1.82) is 0 Å². The van der Waals surface area contributed by atoms with E-state index in [1.165, 1.54) is 0 Å². The lowest BCUT2D eigenvalue weighted by atomic mass is 9.94. The van der Waals surface area contributed by atoms with Gasteiger partial charge in [-0.25, -0.2) is 8.42 Å². The number of Topliss-reactive ketones (excluding diaryl/α,β-unsaturated/α-hetero) is 1. The van der Waals surface area contributed by atoms with Gasteiger partial charge in [0.15, 0.2) is 0 Å². The molecule has 4 rings (SSSR count). The molecule has 0 spiro atoms. The Labute approximate surface area is 154 Å². The van der Waals surface area contributed by atoms with E-state index in [-0.39, 0.29) is 11.7 Å². The summed E-state index contributed by atoms with van der Waals surface area (Å²) in [6, 6.07) is 2.05. The van der Waals surface area contributed by atoms with Gasteiger partial charge < -0.3 is 0 Å². The molecule has 0 bridgehead atoms. The average Bonchev–Trinajstić information content (AvgIpc) is 3.39. The first-order valence-corrected chi connectivity index (χ1v) is 11.0. The number of carbonyl (C=O) groups excluding carboxylic acids is 1. The average molecular weight is 372 g/mol. The Morgan fingerprint density at radius 2 is 2.15 bits per heavy atom. The van der Waals surface area contributed by atoms with Gasteiger partial charge in [0.05, 0.1) is 11.4 Å². The van der Waals surface area contributed by atoms with Gasteiger partial charge in [-0.05, 0) is 43.4 Å². The van der Waals surface area contributed by atoms with Gasteiger partial charge in [0.1, 0.15) is 5.78 Å². The van der Waals surface area contributed by atoms with Crippen LogP contribution in [0.15, 0.2) is 18.2 Å². The molecule has 3 aliphatic rings. The number of pyridine rings is 1. The van der Waals surface area contributed by atoms with Crippen LogP contribution in [0.5, 0.6) is 0 Å². The van der Waals surface area contributed by atoms with Crippen molar-refractivity contribution >= 4 is 27.5 Å².